The Balaban J connectivity index is 2.37. The standard InChI is InChI=1S/C15H23N2O4PS/c1-5-19-22(18,20-6-2)13-8-7-11(21-13)14-12(9-10(3)4)23-15(16)17-14/h7-8,10H,5-6,9H2,1-4H3,(H2,16,17). The fourth-order valence-corrected chi connectivity index (χ4v) is 4.70. The van der Waals surface area contributed by atoms with E-state index in [2.05, 4.69) is 18.8 Å². The van der Waals surface area contributed by atoms with Gasteiger partial charge in [0.1, 0.15) is 5.69 Å². The largest absolute Gasteiger partial charge is 0.446 e. The minimum absolute atomic E-state index is 0.193. The molecule has 8 heteroatoms. The number of anilines is 1. The smallest absolute Gasteiger partial charge is 0.396 e. The van der Waals surface area contributed by atoms with Crippen molar-refractivity contribution in [1.29, 1.82) is 0 Å². The van der Waals surface area contributed by atoms with Gasteiger partial charge in [-0.05, 0) is 38.3 Å². The van der Waals surface area contributed by atoms with Gasteiger partial charge in [0.05, 0.1) is 13.2 Å². The van der Waals surface area contributed by atoms with E-state index in [1.165, 1.54) is 11.3 Å². The molecular weight excluding hydrogens is 335 g/mol. The molecule has 2 heterocycles. The van der Waals surface area contributed by atoms with Crippen LogP contribution < -0.4 is 11.2 Å². The Morgan fingerprint density at radius 1 is 1.30 bits per heavy atom. The monoisotopic (exact) mass is 358 g/mol. The van der Waals surface area contributed by atoms with Crippen LogP contribution in [0.25, 0.3) is 11.5 Å². The quantitative estimate of drug-likeness (QED) is 0.716. The van der Waals surface area contributed by atoms with Gasteiger partial charge >= 0.3 is 7.60 Å². The minimum atomic E-state index is -3.43. The summed E-state index contributed by atoms with van der Waals surface area (Å²) in [5.74, 6) is 1.00. The summed E-state index contributed by atoms with van der Waals surface area (Å²) >= 11 is 1.45. The number of nitrogens with zero attached hydrogens (tertiary/aromatic N) is 1. The zero-order valence-corrected chi connectivity index (χ0v) is 15.6. The van der Waals surface area contributed by atoms with E-state index in [9.17, 15) is 4.57 Å². The first-order chi connectivity index (χ1) is 10.9. The normalized spacial score (nSPS) is 12.2. The van der Waals surface area contributed by atoms with E-state index in [0.717, 1.165) is 11.3 Å². The Hall–Kier alpha value is -1.14. The van der Waals surface area contributed by atoms with Crippen LogP contribution in [0.1, 0.15) is 32.6 Å². The molecule has 0 aliphatic heterocycles. The molecule has 0 atom stereocenters. The van der Waals surface area contributed by atoms with Gasteiger partial charge in [0.15, 0.2) is 10.9 Å². The van der Waals surface area contributed by atoms with Crippen molar-refractivity contribution < 1.29 is 18.0 Å². The van der Waals surface area contributed by atoms with E-state index in [1.54, 1.807) is 26.0 Å². The second-order valence-electron chi connectivity index (χ2n) is 5.39. The number of aromatic nitrogens is 1. The zero-order chi connectivity index (χ0) is 17.0. The van der Waals surface area contributed by atoms with Crippen LogP contribution in [0.15, 0.2) is 16.5 Å². The van der Waals surface area contributed by atoms with Crippen molar-refractivity contribution >= 4 is 29.6 Å². The molecule has 128 valence electrons. The van der Waals surface area contributed by atoms with Gasteiger partial charge in [-0.1, -0.05) is 13.8 Å². The molecule has 0 bridgehead atoms. The molecule has 2 rings (SSSR count). The van der Waals surface area contributed by atoms with Gasteiger partial charge in [0, 0.05) is 4.88 Å². The Morgan fingerprint density at radius 3 is 2.52 bits per heavy atom. The van der Waals surface area contributed by atoms with Crippen molar-refractivity contribution in [3.63, 3.8) is 0 Å². The highest BCUT2D eigenvalue weighted by Gasteiger charge is 2.31. The lowest BCUT2D eigenvalue weighted by atomic mass is 10.1. The maximum Gasteiger partial charge on any atom is 0.396 e. The van der Waals surface area contributed by atoms with Crippen LogP contribution in [0.2, 0.25) is 0 Å². The molecule has 6 nitrogen and oxygen atoms in total. The Kier molecular flexibility index (Phi) is 6.03. The summed E-state index contributed by atoms with van der Waals surface area (Å²) in [6, 6.07) is 3.36. The van der Waals surface area contributed by atoms with Crippen LogP contribution in [-0.4, -0.2) is 18.2 Å². The second kappa shape index (κ2) is 7.62. The third-order valence-corrected chi connectivity index (χ3v) is 5.88. The second-order valence-corrected chi connectivity index (χ2v) is 8.46. The van der Waals surface area contributed by atoms with Crippen LogP contribution >= 0.6 is 18.9 Å². The molecule has 0 unspecified atom stereocenters. The predicted octanol–water partition coefficient (Wildman–Crippen LogP) is 4.08. The van der Waals surface area contributed by atoms with Crippen LogP contribution in [0.3, 0.4) is 0 Å². The first kappa shape index (κ1) is 18.2. The van der Waals surface area contributed by atoms with Gasteiger partial charge in [-0.25, -0.2) is 4.98 Å². The summed E-state index contributed by atoms with van der Waals surface area (Å²) in [6.07, 6.45) is 0.856. The molecule has 2 N–H and O–H groups in total. The van der Waals surface area contributed by atoms with E-state index in [-0.39, 0.29) is 18.7 Å². The molecule has 0 amide bonds. The summed E-state index contributed by atoms with van der Waals surface area (Å²) in [7, 11) is -3.43. The lowest BCUT2D eigenvalue weighted by Crippen LogP contribution is -2.08. The first-order valence-electron chi connectivity index (χ1n) is 7.64. The molecular formula is C15H23N2O4PS. The zero-order valence-electron chi connectivity index (χ0n) is 13.9. The van der Waals surface area contributed by atoms with Gasteiger partial charge in [-0.15, -0.1) is 11.3 Å². The number of furan rings is 1. The molecule has 0 saturated heterocycles. The number of hydrogen-bond acceptors (Lipinski definition) is 7. The van der Waals surface area contributed by atoms with Gasteiger partial charge < -0.3 is 19.2 Å². The van der Waals surface area contributed by atoms with Crippen molar-refractivity contribution in [2.24, 2.45) is 5.92 Å². The van der Waals surface area contributed by atoms with Gasteiger partial charge in [-0.2, -0.15) is 0 Å². The maximum absolute atomic E-state index is 12.7. The Bertz CT molecular complexity index is 685. The SMILES string of the molecule is CCOP(=O)(OCC)c1ccc(-c2nc(N)sc2CC(C)C)o1. The van der Waals surface area contributed by atoms with Crippen molar-refractivity contribution in [1.82, 2.24) is 4.98 Å². The molecule has 0 radical (unpaired) electrons. The molecule has 23 heavy (non-hydrogen) atoms. The summed E-state index contributed by atoms with van der Waals surface area (Å²) < 4.78 is 29.1. The highest BCUT2D eigenvalue weighted by Crippen LogP contribution is 2.48. The highest BCUT2D eigenvalue weighted by atomic mass is 32.1. The fraction of sp³-hybridized carbons (Fsp3) is 0.533. The van der Waals surface area contributed by atoms with E-state index < -0.39 is 7.60 Å². The molecule has 0 aromatic carbocycles. The van der Waals surface area contributed by atoms with Crippen molar-refractivity contribution in [2.75, 3.05) is 18.9 Å². The van der Waals surface area contributed by atoms with Crippen LogP contribution in [0.5, 0.6) is 0 Å². The Morgan fingerprint density at radius 2 is 1.96 bits per heavy atom. The van der Waals surface area contributed by atoms with E-state index in [4.69, 9.17) is 19.2 Å². The van der Waals surface area contributed by atoms with Gasteiger partial charge in [-0.3, -0.25) is 4.57 Å². The number of nitrogen functional groups attached to an aromatic ring is 1. The fourth-order valence-electron chi connectivity index (χ4n) is 2.18. The van der Waals surface area contributed by atoms with Crippen molar-refractivity contribution in [2.45, 2.75) is 34.1 Å². The molecule has 0 aliphatic rings. The molecule has 0 spiro atoms. The van der Waals surface area contributed by atoms with Gasteiger partial charge in [0.2, 0.25) is 5.50 Å². The van der Waals surface area contributed by atoms with Crippen LogP contribution in [0, 0.1) is 5.92 Å². The third kappa shape index (κ3) is 4.23. The topological polar surface area (TPSA) is 87.6 Å². The maximum atomic E-state index is 12.7. The highest BCUT2D eigenvalue weighted by molar-refractivity contribution is 7.61. The van der Waals surface area contributed by atoms with Crippen LogP contribution in [-0.2, 0) is 20.0 Å². The molecule has 0 aliphatic carbocycles. The Labute approximate surface area is 140 Å². The van der Waals surface area contributed by atoms with Crippen LogP contribution in [0.4, 0.5) is 5.13 Å². The van der Waals surface area contributed by atoms with Crippen molar-refractivity contribution in [3.05, 3.63) is 17.0 Å². The molecule has 0 fully saturated rings. The number of nitrogens with two attached hydrogens (primary N) is 1. The minimum Gasteiger partial charge on any atom is -0.446 e. The predicted molar refractivity (Wildman–Crippen MR) is 93.3 cm³/mol. The summed E-state index contributed by atoms with van der Waals surface area (Å²) in [5.41, 5.74) is 6.74. The number of thiazole rings is 1. The molecule has 2 aromatic rings. The van der Waals surface area contributed by atoms with E-state index in [0.29, 0.717) is 22.5 Å². The molecule has 2 aromatic heterocycles. The van der Waals surface area contributed by atoms with E-state index in [1.807, 2.05) is 0 Å². The number of hydrogen-bond donors (Lipinski definition) is 1. The lowest BCUT2D eigenvalue weighted by molar-refractivity contribution is 0.225. The first-order valence-corrected chi connectivity index (χ1v) is 10.0. The van der Waals surface area contributed by atoms with E-state index >= 15 is 0 Å². The summed E-state index contributed by atoms with van der Waals surface area (Å²) in [5, 5.41) is 0.492. The third-order valence-electron chi connectivity index (χ3n) is 3.00. The summed E-state index contributed by atoms with van der Waals surface area (Å²) in [4.78, 5) is 5.41. The average molecular weight is 358 g/mol. The van der Waals surface area contributed by atoms with Crippen molar-refractivity contribution in [3.8, 4) is 11.5 Å². The number of rotatable bonds is 8. The average Bonchev–Trinajstić information content (AvgIpc) is 3.05. The molecule has 0 saturated carbocycles. The summed E-state index contributed by atoms with van der Waals surface area (Å²) in [6.45, 7) is 8.33. The lowest BCUT2D eigenvalue weighted by Gasteiger charge is -2.13. The van der Waals surface area contributed by atoms with Gasteiger partial charge in [0.25, 0.3) is 0 Å².